The number of carbonyl (C=O) groups is 2. The first kappa shape index (κ1) is 17.9. The van der Waals surface area contributed by atoms with E-state index in [0.717, 1.165) is 5.56 Å². The highest BCUT2D eigenvalue weighted by molar-refractivity contribution is 6.08. The third kappa shape index (κ3) is 4.59. The minimum atomic E-state index is -0.329. The van der Waals surface area contributed by atoms with Gasteiger partial charge < -0.3 is 10.6 Å². The van der Waals surface area contributed by atoms with E-state index >= 15 is 0 Å². The largest absolute Gasteiger partial charge is 0.322 e. The standard InChI is InChI=1S/C22H17N3O2/c1-15-4-2-7-20(12-15)25-22(27)18-6-3-5-17(13-18)21(26)24-19-10-8-16(14-23)9-11-19/h2-13H,1H3,(H,24,26)(H,25,27). The van der Waals surface area contributed by atoms with Crippen LogP contribution in [0.4, 0.5) is 11.4 Å². The number of rotatable bonds is 4. The minimum absolute atomic E-state index is 0.284. The van der Waals surface area contributed by atoms with Gasteiger partial charge in [0.25, 0.3) is 11.8 Å². The number of nitriles is 1. The summed E-state index contributed by atoms with van der Waals surface area (Å²) in [7, 11) is 0. The van der Waals surface area contributed by atoms with Crippen LogP contribution >= 0.6 is 0 Å². The zero-order valence-corrected chi connectivity index (χ0v) is 14.7. The molecular weight excluding hydrogens is 338 g/mol. The average Bonchev–Trinajstić information content (AvgIpc) is 2.68. The Labute approximate surface area is 157 Å². The molecule has 2 amide bonds. The van der Waals surface area contributed by atoms with Crippen molar-refractivity contribution in [3.63, 3.8) is 0 Å². The number of aryl methyl sites for hydroxylation is 1. The molecule has 0 aliphatic heterocycles. The number of hydrogen-bond donors (Lipinski definition) is 2. The van der Waals surface area contributed by atoms with Crippen molar-refractivity contribution in [2.75, 3.05) is 10.6 Å². The van der Waals surface area contributed by atoms with E-state index in [-0.39, 0.29) is 11.8 Å². The quantitative estimate of drug-likeness (QED) is 0.729. The Bertz CT molecular complexity index is 1030. The van der Waals surface area contributed by atoms with Crippen molar-refractivity contribution >= 4 is 23.2 Å². The zero-order valence-electron chi connectivity index (χ0n) is 14.7. The molecule has 0 radical (unpaired) electrons. The van der Waals surface area contributed by atoms with Gasteiger partial charge in [0, 0.05) is 22.5 Å². The van der Waals surface area contributed by atoms with Gasteiger partial charge in [0.15, 0.2) is 0 Å². The fourth-order valence-corrected chi connectivity index (χ4v) is 2.56. The van der Waals surface area contributed by atoms with Crippen LogP contribution in [-0.4, -0.2) is 11.8 Å². The Morgan fingerprint density at radius 1 is 0.778 bits per heavy atom. The van der Waals surface area contributed by atoms with Gasteiger partial charge in [0.2, 0.25) is 0 Å². The van der Waals surface area contributed by atoms with Crippen molar-refractivity contribution in [1.29, 1.82) is 5.26 Å². The van der Waals surface area contributed by atoms with Crippen molar-refractivity contribution < 1.29 is 9.59 Å². The highest BCUT2D eigenvalue weighted by Crippen LogP contribution is 2.14. The molecule has 5 nitrogen and oxygen atoms in total. The molecule has 0 heterocycles. The summed E-state index contributed by atoms with van der Waals surface area (Å²) >= 11 is 0. The zero-order chi connectivity index (χ0) is 19.2. The highest BCUT2D eigenvalue weighted by atomic mass is 16.2. The van der Waals surface area contributed by atoms with Gasteiger partial charge in [-0.15, -0.1) is 0 Å². The van der Waals surface area contributed by atoms with E-state index in [2.05, 4.69) is 10.6 Å². The molecule has 3 rings (SSSR count). The Kier molecular flexibility index (Phi) is 5.29. The first-order valence-corrected chi connectivity index (χ1v) is 8.35. The summed E-state index contributed by atoms with van der Waals surface area (Å²) in [6.45, 7) is 1.95. The summed E-state index contributed by atoms with van der Waals surface area (Å²) in [5, 5.41) is 14.4. The minimum Gasteiger partial charge on any atom is -0.322 e. The van der Waals surface area contributed by atoms with Crippen LogP contribution in [0.3, 0.4) is 0 Å². The molecule has 0 saturated heterocycles. The van der Waals surface area contributed by atoms with Gasteiger partial charge in [0.05, 0.1) is 11.6 Å². The molecule has 132 valence electrons. The van der Waals surface area contributed by atoms with Gasteiger partial charge in [-0.1, -0.05) is 18.2 Å². The van der Waals surface area contributed by atoms with E-state index in [1.54, 1.807) is 48.5 Å². The van der Waals surface area contributed by atoms with Gasteiger partial charge in [-0.05, 0) is 67.1 Å². The number of hydrogen-bond acceptors (Lipinski definition) is 3. The second kappa shape index (κ2) is 7.98. The van der Waals surface area contributed by atoms with Crippen LogP contribution in [0.5, 0.6) is 0 Å². The lowest BCUT2D eigenvalue weighted by atomic mass is 10.1. The summed E-state index contributed by atoms with van der Waals surface area (Å²) < 4.78 is 0. The fraction of sp³-hybridized carbons (Fsp3) is 0.0455. The number of carbonyl (C=O) groups excluding carboxylic acids is 2. The third-order valence-corrected chi connectivity index (χ3v) is 3.93. The number of amides is 2. The van der Waals surface area contributed by atoms with Crippen molar-refractivity contribution in [3.05, 3.63) is 95.1 Å². The normalized spacial score (nSPS) is 9.93. The predicted molar refractivity (Wildman–Crippen MR) is 105 cm³/mol. The fourth-order valence-electron chi connectivity index (χ4n) is 2.56. The second-order valence-corrected chi connectivity index (χ2v) is 6.05. The van der Waals surface area contributed by atoms with Crippen LogP contribution in [0, 0.1) is 18.3 Å². The molecule has 0 fully saturated rings. The van der Waals surface area contributed by atoms with E-state index < -0.39 is 0 Å². The molecule has 0 aliphatic rings. The van der Waals surface area contributed by atoms with E-state index in [4.69, 9.17) is 5.26 Å². The molecule has 3 aromatic rings. The molecule has 0 unspecified atom stereocenters. The van der Waals surface area contributed by atoms with Crippen molar-refractivity contribution in [1.82, 2.24) is 0 Å². The smallest absolute Gasteiger partial charge is 0.255 e. The summed E-state index contributed by atoms with van der Waals surface area (Å²) in [6, 6.07) is 22.6. The van der Waals surface area contributed by atoms with E-state index in [1.165, 1.54) is 0 Å². The third-order valence-electron chi connectivity index (χ3n) is 3.93. The molecule has 0 saturated carbocycles. The van der Waals surface area contributed by atoms with E-state index in [9.17, 15) is 9.59 Å². The predicted octanol–water partition coefficient (Wildman–Crippen LogP) is 4.37. The first-order chi connectivity index (χ1) is 13.0. The number of benzene rings is 3. The molecule has 0 spiro atoms. The van der Waals surface area contributed by atoms with Crippen LogP contribution in [0.2, 0.25) is 0 Å². The lowest BCUT2D eigenvalue weighted by Crippen LogP contribution is -2.15. The van der Waals surface area contributed by atoms with Crippen LogP contribution in [-0.2, 0) is 0 Å². The van der Waals surface area contributed by atoms with Crippen molar-refractivity contribution in [3.8, 4) is 6.07 Å². The molecule has 2 N–H and O–H groups in total. The van der Waals surface area contributed by atoms with Crippen molar-refractivity contribution in [2.45, 2.75) is 6.92 Å². The van der Waals surface area contributed by atoms with Gasteiger partial charge in [-0.25, -0.2) is 0 Å². The van der Waals surface area contributed by atoms with Crippen LogP contribution in [0.25, 0.3) is 0 Å². The second-order valence-electron chi connectivity index (χ2n) is 6.05. The van der Waals surface area contributed by atoms with Gasteiger partial charge in [0.1, 0.15) is 0 Å². The molecule has 0 aromatic heterocycles. The van der Waals surface area contributed by atoms with Gasteiger partial charge in [-0.3, -0.25) is 9.59 Å². The Morgan fingerprint density at radius 2 is 1.37 bits per heavy atom. The summed E-state index contributed by atoms with van der Waals surface area (Å²) in [6.07, 6.45) is 0. The highest BCUT2D eigenvalue weighted by Gasteiger charge is 2.11. The molecule has 27 heavy (non-hydrogen) atoms. The summed E-state index contributed by atoms with van der Waals surface area (Å²) in [5.74, 6) is -0.612. The van der Waals surface area contributed by atoms with E-state index in [0.29, 0.717) is 28.1 Å². The van der Waals surface area contributed by atoms with E-state index in [1.807, 2.05) is 37.3 Å². The summed E-state index contributed by atoms with van der Waals surface area (Å²) in [4.78, 5) is 24.9. The monoisotopic (exact) mass is 355 g/mol. The molecule has 3 aromatic carbocycles. The average molecular weight is 355 g/mol. The Hall–Kier alpha value is -3.91. The number of anilines is 2. The molecule has 0 atom stereocenters. The topological polar surface area (TPSA) is 82.0 Å². The summed E-state index contributed by atoms with van der Waals surface area (Å²) in [5.41, 5.74) is 3.60. The van der Waals surface area contributed by atoms with Crippen molar-refractivity contribution in [2.24, 2.45) is 0 Å². The maximum Gasteiger partial charge on any atom is 0.255 e. The maximum atomic E-state index is 12.5. The SMILES string of the molecule is Cc1cccc(NC(=O)c2cccc(C(=O)Nc3ccc(C#N)cc3)c2)c1. The Morgan fingerprint density at radius 3 is 1.96 bits per heavy atom. The molecule has 0 aliphatic carbocycles. The lowest BCUT2D eigenvalue weighted by molar-refractivity contribution is 0.102. The number of nitrogens with zero attached hydrogens (tertiary/aromatic N) is 1. The van der Waals surface area contributed by atoms with Crippen LogP contribution in [0.15, 0.2) is 72.8 Å². The molecular formula is C22H17N3O2. The van der Waals surface area contributed by atoms with Gasteiger partial charge in [-0.2, -0.15) is 5.26 Å². The lowest BCUT2D eigenvalue weighted by Gasteiger charge is -2.08. The first-order valence-electron chi connectivity index (χ1n) is 8.35. The maximum absolute atomic E-state index is 12.5. The molecule has 0 bridgehead atoms. The van der Waals surface area contributed by atoms with Gasteiger partial charge >= 0.3 is 0 Å². The van der Waals surface area contributed by atoms with Crippen LogP contribution in [0.1, 0.15) is 31.8 Å². The van der Waals surface area contributed by atoms with Crippen LogP contribution < -0.4 is 10.6 Å². The number of nitrogens with one attached hydrogen (secondary N) is 2. The molecule has 5 heteroatoms. The Balaban J connectivity index is 1.73.